The number of amides is 1. The largest absolute Gasteiger partial charge is 0.486 e. The van der Waals surface area contributed by atoms with Gasteiger partial charge >= 0.3 is 0 Å². The van der Waals surface area contributed by atoms with E-state index in [4.69, 9.17) is 9.47 Å². The lowest BCUT2D eigenvalue weighted by molar-refractivity contribution is 0.0956. The fraction of sp³-hybridized carbons (Fsp3) is 0.421. The van der Waals surface area contributed by atoms with E-state index in [1.807, 2.05) is 13.8 Å². The minimum atomic E-state index is -0.0841. The average molecular weight is 315 g/mol. The average Bonchev–Trinajstić information content (AvgIpc) is 3.39. The van der Waals surface area contributed by atoms with E-state index in [0.717, 1.165) is 5.92 Å². The lowest BCUT2D eigenvalue weighted by Gasteiger charge is -2.18. The van der Waals surface area contributed by atoms with E-state index in [2.05, 4.69) is 23.5 Å². The summed E-state index contributed by atoms with van der Waals surface area (Å²) in [5.41, 5.74) is 1.79. The summed E-state index contributed by atoms with van der Waals surface area (Å²) in [7, 11) is 0. The summed E-state index contributed by atoms with van der Waals surface area (Å²) in [5.74, 6) is 2.72. The van der Waals surface area contributed by atoms with E-state index in [9.17, 15) is 4.79 Å². The first-order chi connectivity index (χ1) is 11.3. The number of hydrogen-bond donors (Lipinski definition) is 1. The van der Waals surface area contributed by atoms with E-state index < -0.39 is 0 Å². The maximum atomic E-state index is 12.2. The molecule has 0 spiro atoms. The first-order valence-corrected chi connectivity index (χ1v) is 8.36. The highest BCUT2D eigenvalue weighted by Crippen LogP contribution is 2.44. The normalized spacial score (nSPS) is 23.0. The number of nitrogens with one attached hydrogen (secondary N) is 1. The van der Waals surface area contributed by atoms with Crippen molar-refractivity contribution in [3.8, 4) is 11.5 Å². The summed E-state index contributed by atoms with van der Waals surface area (Å²) in [4.78, 5) is 12.2. The number of allylic oxidation sites excluding steroid dienone is 2. The van der Waals surface area contributed by atoms with Crippen LogP contribution in [0.15, 0.2) is 42.0 Å². The molecule has 0 radical (unpaired) electrons. The number of carbonyl (C=O) groups excluding carboxylic acids is 1. The van der Waals surface area contributed by atoms with Crippen molar-refractivity contribution in [3.05, 3.63) is 47.6 Å². The Kier molecular flexibility index (Phi) is 4.70. The van der Waals surface area contributed by atoms with Gasteiger partial charge < -0.3 is 14.8 Å². The molecule has 0 saturated heterocycles. The molecular formula is C19H25NO3. The Labute approximate surface area is 138 Å². The van der Waals surface area contributed by atoms with Gasteiger partial charge in [-0.25, -0.2) is 0 Å². The fourth-order valence-corrected chi connectivity index (χ4v) is 2.81. The zero-order valence-electron chi connectivity index (χ0n) is 13.7. The van der Waals surface area contributed by atoms with Crippen molar-refractivity contribution < 1.29 is 15.7 Å². The summed E-state index contributed by atoms with van der Waals surface area (Å²) in [6, 6.07) is 5.30. The second-order valence-corrected chi connectivity index (χ2v) is 5.71. The number of rotatable bonds is 3. The molecule has 124 valence electrons. The van der Waals surface area contributed by atoms with E-state index in [1.54, 1.807) is 18.2 Å². The van der Waals surface area contributed by atoms with Gasteiger partial charge in [0.25, 0.3) is 5.91 Å². The quantitative estimate of drug-likeness (QED) is 0.927. The van der Waals surface area contributed by atoms with Gasteiger partial charge in [-0.2, -0.15) is 0 Å². The first-order valence-electron chi connectivity index (χ1n) is 8.36. The van der Waals surface area contributed by atoms with Gasteiger partial charge in [-0.3, -0.25) is 4.79 Å². The number of fused-ring (bicyclic) bond motifs is 2. The van der Waals surface area contributed by atoms with Crippen LogP contribution >= 0.6 is 0 Å². The number of carbonyl (C=O) groups is 1. The van der Waals surface area contributed by atoms with Gasteiger partial charge in [-0.05, 0) is 42.0 Å². The molecule has 1 aromatic carbocycles. The van der Waals surface area contributed by atoms with Crippen molar-refractivity contribution in [3.63, 3.8) is 0 Å². The maximum Gasteiger partial charge on any atom is 0.251 e. The van der Waals surface area contributed by atoms with E-state index >= 15 is 0 Å². The summed E-state index contributed by atoms with van der Waals surface area (Å²) >= 11 is 0. The van der Waals surface area contributed by atoms with Gasteiger partial charge in [-0.1, -0.05) is 32.1 Å². The molecule has 1 amide bonds. The molecule has 3 aliphatic rings. The third-order valence-electron chi connectivity index (χ3n) is 4.13. The lowest BCUT2D eigenvalue weighted by atomic mass is 10.1. The molecule has 2 aliphatic carbocycles. The molecular weight excluding hydrogens is 290 g/mol. The number of ether oxygens (including phenoxy) is 2. The highest BCUT2D eigenvalue weighted by molar-refractivity contribution is 5.95. The van der Waals surface area contributed by atoms with Gasteiger partial charge in [0.1, 0.15) is 13.2 Å². The van der Waals surface area contributed by atoms with Crippen LogP contribution in [0.1, 0.15) is 32.1 Å². The smallest absolute Gasteiger partial charge is 0.251 e. The molecule has 1 aromatic rings. The molecule has 1 aliphatic heterocycles. The molecule has 4 heteroatoms. The van der Waals surface area contributed by atoms with Gasteiger partial charge in [0.15, 0.2) is 11.5 Å². The molecule has 1 N–H and O–H groups in total. The molecule has 1 heterocycles. The van der Waals surface area contributed by atoms with Gasteiger partial charge in [0.05, 0.1) is 0 Å². The predicted molar refractivity (Wildman–Crippen MR) is 92.0 cm³/mol. The van der Waals surface area contributed by atoms with Gasteiger partial charge in [0.2, 0.25) is 0 Å². The highest BCUT2D eigenvalue weighted by atomic mass is 16.6. The molecule has 2 unspecified atom stereocenters. The summed E-state index contributed by atoms with van der Waals surface area (Å²) in [5, 5.41) is 2.96. The SMILES string of the molecule is CC.O=C(NCC1=CC2CC2C=C1)c1ccc2c(c1)OCCO2.[HH]. The number of benzene rings is 1. The standard InChI is InChI=1S/C17H17NO3.C2H6.H2/c19-17(18-10-11-1-2-12-8-14(12)7-11)13-3-4-15-16(9-13)21-6-5-20-15;1-2;/h1-4,7,9,12,14H,5-6,8,10H2,(H,18,19);1-2H3;1H. The van der Waals surface area contributed by atoms with Gasteiger partial charge in [0, 0.05) is 13.5 Å². The van der Waals surface area contributed by atoms with Gasteiger partial charge in [-0.15, -0.1) is 0 Å². The molecule has 0 aromatic heterocycles. The predicted octanol–water partition coefficient (Wildman–Crippen LogP) is 3.59. The minimum absolute atomic E-state index is 0. The number of hydrogen-bond acceptors (Lipinski definition) is 3. The van der Waals surface area contributed by atoms with Crippen LogP contribution < -0.4 is 14.8 Å². The van der Waals surface area contributed by atoms with Crippen molar-refractivity contribution in [2.75, 3.05) is 19.8 Å². The third kappa shape index (κ3) is 3.58. The second kappa shape index (κ2) is 6.90. The zero-order chi connectivity index (χ0) is 16.2. The molecule has 23 heavy (non-hydrogen) atoms. The Morgan fingerprint density at radius 2 is 2.00 bits per heavy atom. The van der Waals surface area contributed by atoms with Crippen molar-refractivity contribution in [1.29, 1.82) is 0 Å². The van der Waals surface area contributed by atoms with Crippen LogP contribution in [0.3, 0.4) is 0 Å². The Hall–Kier alpha value is -2.23. The molecule has 1 saturated carbocycles. The fourth-order valence-electron chi connectivity index (χ4n) is 2.81. The topological polar surface area (TPSA) is 47.6 Å². The Morgan fingerprint density at radius 1 is 1.22 bits per heavy atom. The summed E-state index contributed by atoms with van der Waals surface area (Å²) in [6.07, 6.45) is 7.90. The summed E-state index contributed by atoms with van der Waals surface area (Å²) < 4.78 is 11.0. The summed E-state index contributed by atoms with van der Waals surface area (Å²) in [6.45, 7) is 5.66. The zero-order valence-corrected chi connectivity index (χ0v) is 13.7. The Morgan fingerprint density at radius 3 is 2.78 bits per heavy atom. The van der Waals surface area contributed by atoms with Crippen LogP contribution in [0.4, 0.5) is 0 Å². The third-order valence-corrected chi connectivity index (χ3v) is 4.13. The Bertz CT molecular complexity index is 654. The highest BCUT2D eigenvalue weighted by Gasteiger charge is 2.34. The second-order valence-electron chi connectivity index (χ2n) is 5.71. The monoisotopic (exact) mass is 315 g/mol. The first kappa shape index (κ1) is 15.7. The Balaban J connectivity index is 0.000000670. The van der Waals surface area contributed by atoms with Crippen molar-refractivity contribution in [2.24, 2.45) is 11.8 Å². The van der Waals surface area contributed by atoms with Crippen molar-refractivity contribution in [2.45, 2.75) is 20.3 Å². The molecule has 4 nitrogen and oxygen atoms in total. The van der Waals surface area contributed by atoms with E-state index in [1.165, 1.54) is 12.0 Å². The molecule has 1 fully saturated rings. The van der Waals surface area contributed by atoms with E-state index in [0.29, 0.717) is 42.7 Å². The van der Waals surface area contributed by atoms with Crippen LogP contribution in [0.2, 0.25) is 0 Å². The lowest BCUT2D eigenvalue weighted by Crippen LogP contribution is -2.26. The van der Waals surface area contributed by atoms with Crippen molar-refractivity contribution in [1.82, 2.24) is 5.32 Å². The van der Waals surface area contributed by atoms with E-state index in [-0.39, 0.29) is 7.33 Å². The molecule has 0 bridgehead atoms. The van der Waals surface area contributed by atoms with Crippen LogP contribution in [0, 0.1) is 11.8 Å². The van der Waals surface area contributed by atoms with Crippen LogP contribution in [0.5, 0.6) is 11.5 Å². The van der Waals surface area contributed by atoms with Crippen LogP contribution in [-0.2, 0) is 0 Å². The minimum Gasteiger partial charge on any atom is -0.486 e. The van der Waals surface area contributed by atoms with Crippen molar-refractivity contribution >= 4 is 5.91 Å². The van der Waals surface area contributed by atoms with Crippen LogP contribution in [-0.4, -0.2) is 25.7 Å². The van der Waals surface area contributed by atoms with Crippen LogP contribution in [0.25, 0.3) is 0 Å². The molecule has 2 atom stereocenters. The molecule has 4 rings (SSSR count). The maximum absolute atomic E-state index is 12.2.